The van der Waals surface area contributed by atoms with Gasteiger partial charge in [-0.3, -0.25) is 4.79 Å². The highest BCUT2D eigenvalue weighted by molar-refractivity contribution is 5.77. The van der Waals surface area contributed by atoms with Gasteiger partial charge in [0.1, 0.15) is 6.61 Å². The molecule has 1 rings (SSSR count). The maximum absolute atomic E-state index is 11.8. The second kappa shape index (κ2) is 6.17. The van der Waals surface area contributed by atoms with Gasteiger partial charge in [-0.2, -0.15) is 0 Å². The SMILES string of the molecule is COCC1=CCN(C(=O)COC(C)(C)C)CC1. The topological polar surface area (TPSA) is 38.8 Å². The van der Waals surface area contributed by atoms with Gasteiger partial charge in [-0.25, -0.2) is 0 Å². The average Bonchev–Trinajstić information content (AvgIpc) is 2.26. The van der Waals surface area contributed by atoms with E-state index in [0.717, 1.165) is 13.0 Å². The molecule has 1 amide bonds. The molecule has 0 bridgehead atoms. The van der Waals surface area contributed by atoms with E-state index in [1.165, 1.54) is 5.57 Å². The molecule has 0 saturated carbocycles. The predicted octanol–water partition coefficient (Wildman–Crippen LogP) is 1.61. The van der Waals surface area contributed by atoms with Gasteiger partial charge in [0.15, 0.2) is 0 Å². The highest BCUT2D eigenvalue weighted by atomic mass is 16.5. The standard InChI is InChI=1S/C13H23NO3/c1-13(2,3)17-10-12(15)14-7-5-11(6-8-14)9-16-4/h5H,6-10H2,1-4H3. The maximum Gasteiger partial charge on any atom is 0.248 e. The van der Waals surface area contributed by atoms with Crippen molar-refractivity contribution in [3.05, 3.63) is 11.6 Å². The molecule has 0 aliphatic carbocycles. The van der Waals surface area contributed by atoms with E-state index in [0.29, 0.717) is 13.2 Å². The molecule has 0 fully saturated rings. The first-order valence-corrected chi connectivity index (χ1v) is 6.01. The summed E-state index contributed by atoms with van der Waals surface area (Å²) in [6.07, 6.45) is 2.97. The van der Waals surface area contributed by atoms with Crippen LogP contribution in [0.1, 0.15) is 27.2 Å². The number of hydrogen-bond donors (Lipinski definition) is 0. The lowest BCUT2D eigenvalue weighted by atomic mass is 10.1. The van der Waals surface area contributed by atoms with Gasteiger partial charge in [0.05, 0.1) is 12.2 Å². The number of nitrogens with zero attached hydrogens (tertiary/aromatic N) is 1. The van der Waals surface area contributed by atoms with Gasteiger partial charge in [0.25, 0.3) is 0 Å². The third kappa shape index (κ3) is 5.33. The molecule has 0 aromatic heterocycles. The fraction of sp³-hybridized carbons (Fsp3) is 0.769. The number of ether oxygens (including phenoxy) is 2. The third-order valence-electron chi connectivity index (χ3n) is 2.61. The quantitative estimate of drug-likeness (QED) is 0.702. The number of methoxy groups -OCH3 is 1. The Morgan fingerprint density at radius 2 is 2.18 bits per heavy atom. The molecular formula is C13H23NO3. The van der Waals surface area contributed by atoms with E-state index in [2.05, 4.69) is 6.08 Å². The first kappa shape index (κ1) is 14.2. The third-order valence-corrected chi connectivity index (χ3v) is 2.61. The van der Waals surface area contributed by atoms with Crippen molar-refractivity contribution in [2.24, 2.45) is 0 Å². The summed E-state index contributed by atoms with van der Waals surface area (Å²) in [5, 5.41) is 0. The molecule has 1 aliphatic heterocycles. The van der Waals surface area contributed by atoms with Gasteiger partial charge in [0, 0.05) is 20.2 Å². The van der Waals surface area contributed by atoms with Crippen LogP contribution in [0.4, 0.5) is 0 Å². The summed E-state index contributed by atoms with van der Waals surface area (Å²) in [6.45, 7) is 8.12. The largest absolute Gasteiger partial charge is 0.380 e. The zero-order valence-corrected chi connectivity index (χ0v) is 11.3. The molecular weight excluding hydrogens is 218 g/mol. The summed E-state index contributed by atoms with van der Waals surface area (Å²) in [7, 11) is 1.69. The number of carbonyl (C=O) groups excluding carboxylic acids is 1. The zero-order chi connectivity index (χ0) is 12.9. The molecule has 0 aromatic rings. The van der Waals surface area contributed by atoms with Crippen LogP contribution in [0, 0.1) is 0 Å². The predicted molar refractivity (Wildman–Crippen MR) is 66.9 cm³/mol. The smallest absolute Gasteiger partial charge is 0.248 e. The molecule has 0 spiro atoms. The van der Waals surface area contributed by atoms with E-state index in [1.54, 1.807) is 7.11 Å². The van der Waals surface area contributed by atoms with Crippen LogP contribution in [0.3, 0.4) is 0 Å². The van der Waals surface area contributed by atoms with E-state index >= 15 is 0 Å². The molecule has 1 aliphatic rings. The molecule has 0 unspecified atom stereocenters. The van der Waals surface area contributed by atoms with Crippen LogP contribution < -0.4 is 0 Å². The Labute approximate surface area is 104 Å². The van der Waals surface area contributed by atoms with E-state index in [4.69, 9.17) is 9.47 Å². The lowest BCUT2D eigenvalue weighted by Crippen LogP contribution is -2.39. The number of amides is 1. The summed E-state index contributed by atoms with van der Waals surface area (Å²) in [5.41, 5.74) is 1.01. The summed E-state index contributed by atoms with van der Waals surface area (Å²) >= 11 is 0. The van der Waals surface area contributed by atoms with Crippen molar-refractivity contribution in [1.29, 1.82) is 0 Å². The normalized spacial score (nSPS) is 16.9. The fourth-order valence-corrected chi connectivity index (χ4v) is 1.62. The van der Waals surface area contributed by atoms with Gasteiger partial charge in [0.2, 0.25) is 5.91 Å². The molecule has 1 heterocycles. The van der Waals surface area contributed by atoms with Crippen molar-refractivity contribution in [3.8, 4) is 0 Å². The monoisotopic (exact) mass is 241 g/mol. The van der Waals surface area contributed by atoms with Gasteiger partial charge in [-0.15, -0.1) is 0 Å². The number of hydrogen-bond acceptors (Lipinski definition) is 3. The highest BCUT2D eigenvalue weighted by Crippen LogP contribution is 2.12. The zero-order valence-electron chi connectivity index (χ0n) is 11.3. The minimum absolute atomic E-state index is 0.0626. The summed E-state index contributed by atoms with van der Waals surface area (Å²) in [4.78, 5) is 13.7. The molecule has 4 nitrogen and oxygen atoms in total. The lowest BCUT2D eigenvalue weighted by molar-refractivity contribution is -0.140. The van der Waals surface area contributed by atoms with Crippen LogP contribution in [-0.2, 0) is 14.3 Å². The Hall–Kier alpha value is -0.870. The molecule has 4 heteroatoms. The first-order valence-electron chi connectivity index (χ1n) is 6.01. The Morgan fingerprint density at radius 1 is 1.47 bits per heavy atom. The van der Waals surface area contributed by atoms with Crippen molar-refractivity contribution in [2.45, 2.75) is 32.8 Å². The second-order valence-electron chi connectivity index (χ2n) is 5.29. The second-order valence-corrected chi connectivity index (χ2v) is 5.29. The Bertz CT molecular complexity index is 292. The minimum Gasteiger partial charge on any atom is -0.380 e. The molecule has 0 aromatic carbocycles. The summed E-state index contributed by atoms with van der Waals surface area (Å²) in [6, 6.07) is 0. The molecule has 0 atom stereocenters. The molecule has 0 radical (unpaired) electrons. The van der Waals surface area contributed by atoms with Gasteiger partial charge < -0.3 is 14.4 Å². The van der Waals surface area contributed by atoms with E-state index in [1.807, 2.05) is 25.7 Å². The average molecular weight is 241 g/mol. The minimum atomic E-state index is -0.261. The molecule has 0 N–H and O–H groups in total. The van der Waals surface area contributed by atoms with Gasteiger partial charge >= 0.3 is 0 Å². The Kier molecular flexibility index (Phi) is 5.15. The van der Waals surface area contributed by atoms with E-state index in [-0.39, 0.29) is 18.1 Å². The first-order chi connectivity index (χ1) is 7.92. The van der Waals surface area contributed by atoms with Crippen LogP contribution in [0.5, 0.6) is 0 Å². The summed E-state index contributed by atoms with van der Waals surface area (Å²) < 4.78 is 10.6. The fourth-order valence-electron chi connectivity index (χ4n) is 1.62. The lowest BCUT2D eigenvalue weighted by Gasteiger charge is -2.28. The Balaban J connectivity index is 2.36. The van der Waals surface area contributed by atoms with Crippen LogP contribution in [0.25, 0.3) is 0 Å². The van der Waals surface area contributed by atoms with Crippen LogP contribution >= 0.6 is 0 Å². The number of carbonyl (C=O) groups is 1. The van der Waals surface area contributed by atoms with Crippen LogP contribution in [0.15, 0.2) is 11.6 Å². The van der Waals surface area contributed by atoms with Gasteiger partial charge in [-0.05, 0) is 32.8 Å². The van der Waals surface area contributed by atoms with Crippen molar-refractivity contribution in [2.75, 3.05) is 33.4 Å². The molecule has 0 saturated heterocycles. The van der Waals surface area contributed by atoms with Crippen molar-refractivity contribution >= 4 is 5.91 Å². The number of rotatable bonds is 4. The highest BCUT2D eigenvalue weighted by Gasteiger charge is 2.19. The molecule has 17 heavy (non-hydrogen) atoms. The van der Waals surface area contributed by atoms with E-state index in [9.17, 15) is 4.79 Å². The van der Waals surface area contributed by atoms with Crippen molar-refractivity contribution in [1.82, 2.24) is 4.90 Å². The van der Waals surface area contributed by atoms with Crippen LogP contribution in [0.2, 0.25) is 0 Å². The van der Waals surface area contributed by atoms with Gasteiger partial charge in [-0.1, -0.05) is 6.08 Å². The Morgan fingerprint density at radius 3 is 2.65 bits per heavy atom. The maximum atomic E-state index is 11.8. The van der Waals surface area contributed by atoms with Crippen molar-refractivity contribution in [3.63, 3.8) is 0 Å². The van der Waals surface area contributed by atoms with Crippen molar-refractivity contribution < 1.29 is 14.3 Å². The van der Waals surface area contributed by atoms with E-state index < -0.39 is 0 Å². The van der Waals surface area contributed by atoms with Crippen LogP contribution in [-0.4, -0.2) is 49.8 Å². The summed E-state index contributed by atoms with van der Waals surface area (Å²) in [5.74, 6) is 0.0626. The molecule has 98 valence electrons.